The van der Waals surface area contributed by atoms with Crippen molar-refractivity contribution >= 4 is 23.0 Å². The average molecular weight is 344 g/mol. The number of fused-ring (bicyclic) bond motifs is 1. The molecule has 134 valence electrons. The number of H-pyrrole nitrogens is 1. The third-order valence-electron chi connectivity index (χ3n) is 4.73. The molecule has 7 nitrogen and oxygen atoms in total. The van der Waals surface area contributed by atoms with Gasteiger partial charge in [0, 0.05) is 19.0 Å². The van der Waals surface area contributed by atoms with Crippen molar-refractivity contribution in [1.82, 2.24) is 20.6 Å². The summed E-state index contributed by atoms with van der Waals surface area (Å²) in [6.45, 7) is 0.577. The Morgan fingerprint density at radius 1 is 1.20 bits per heavy atom. The molecule has 0 atom stereocenters. The van der Waals surface area contributed by atoms with Crippen LogP contribution in [0.25, 0.3) is 11.0 Å². The van der Waals surface area contributed by atoms with E-state index in [1.165, 1.54) is 0 Å². The Labute approximate surface area is 146 Å². The molecule has 1 aliphatic carbocycles. The average Bonchev–Trinajstić information content (AvgIpc) is 3.02. The van der Waals surface area contributed by atoms with Crippen LogP contribution in [0, 0.1) is 5.92 Å². The monoisotopic (exact) mass is 344 g/mol. The molecule has 4 N–H and O–H groups in total. The number of aromatic nitrogens is 2. The second-order valence-corrected chi connectivity index (χ2v) is 6.59. The van der Waals surface area contributed by atoms with Crippen LogP contribution < -0.4 is 10.6 Å². The lowest BCUT2D eigenvalue weighted by Gasteiger charge is -2.26. The number of amides is 2. The SMILES string of the molecule is O=C(NCCCc1nc2ccccc2[nH]1)NC1CCC(C(=O)O)CC1. The van der Waals surface area contributed by atoms with E-state index in [4.69, 9.17) is 5.11 Å². The first-order chi connectivity index (χ1) is 12.1. The number of urea groups is 1. The molecule has 0 bridgehead atoms. The number of carboxylic acid groups (broad SMARTS) is 1. The molecule has 7 heteroatoms. The minimum absolute atomic E-state index is 0.0750. The van der Waals surface area contributed by atoms with Crippen molar-refractivity contribution in [3.63, 3.8) is 0 Å². The Morgan fingerprint density at radius 3 is 2.68 bits per heavy atom. The van der Waals surface area contributed by atoms with Crippen LogP contribution in [0.4, 0.5) is 4.79 Å². The maximum absolute atomic E-state index is 11.9. The fourth-order valence-corrected chi connectivity index (χ4v) is 3.30. The van der Waals surface area contributed by atoms with Crippen molar-refractivity contribution in [2.45, 2.75) is 44.6 Å². The van der Waals surface area contributed by atoms with Crippen molar-refractivity contribution in [1.29, 1.82) is 0 Å². The van der Waals surface area contributed by atoms with Gasteiger partial charge in [0.1, 0.15) is 5.82 Å². The number of imidazole rings is 1. The summed E-state index contributed by atoms with van der Waals surface area (Å²) in [5.41, 5.74) is 1.99. The number of rotatable bonds is 6. The van der Waals surface area contributed by atoms with Gasteiger partial charge in [-0.1, -0.05) is 12.1 Å². The predicted octanol–water partition coefficient (Wildman–Crippen LogP) is 2.44. The Bertz CT molecular complexity index is 702. The van der Waals surface area contributed by atoms with Crippen molar-refractivity contribution in [3.8, 4) is 0 Å². The normalized spacial score (nSPS) is 20.3. The van der Waals surface area contributed by atoms with Gasteiger partial charge in [-0.3, -0.25) is 4.79 Å². The zero-order valence-electron chi connectivity index (χ0n) is 14.1. The van der Waals surface area contributed by atoms with Crippen LogP contribution in [-0.2, 0) is 11.2 Å². The van der Waals surface area contributed by atoms with Gasteiger partial charge in [-0.25, -0.2) is 9.78 Å². The molecule has 0 saturated heterocycles. The zero-order valence-corrected chi connectivity index (χ0v) is 14.1. The van der Waals surface area contributed by atoms with Gasteiger partial charge in [-0.2, -0.15) is 0 Å². The highest BCUT2D eigenvalue weighted by molar-refractivity contribution is 5.75. The molecular formula is C18H24N4O3. The van der Waals surface area contributed by atoms with Crippen LogP contribution in [-0.4, -0.2) is 39.7 Å². The number of benzene rings is 1. The Kier molecular flexibility index (Phi) is 5.53. The van der Waals surface area contributed by atoms with Crippen LogP contribution >= 0.6 is 0 Å². The van der Waals surface area contributed by atoms with E-state index in [1.54, 1.807) is 0 Å². The van der Waals surface area contributed by atoms with Gasteiger partial charge in [-0.15, -0.1) is 0 Å². The number of aliphatic carboxylic acids is 1. The van der Waals surface area contributed by atoms with Gasteiger partial charge in [-0.05, 0) is 44.2 Å². The maximum atomic E-state index is 11.9. The van der Waals surface area contributed by atoms with Gasteiger partial charge in [0.15, 0.2) is 0 Å². The highest BCUT2D eigenvalue weighted by Gasteiger charge is 2.26. The lowest BCUT2D eigenvalue weighted by atomic mass is 9.86. The van der Waals surface area contributed by atoms with Crippen LogP contribution in [0.2, 0.25) is 0 Å². The van der Waals surface area contributed by atoms with Gasteiger partial charge in [0.2, 0.25) is 0 Å². The van der Waals surface area contributed by atoms with Crippen molar-refractivity contribution < 1.29 is 14.7 Å². The minimum atomic E-state index is -0.728. The molecule has 0 aliphatic heterocycles. The molecule has 0 radical (unpaired) electrons. The van der Waals surface area contributed by atoms with E-state index < -0.39 is 5.97 Å². The lowest BCUT2D eigenvalue weighted by Crippen LogP contribution is -2.44. The summed E-state index contributed by atoms with van der Waals surface area (Å²) < 4.78 is 0. The Balaban J connectivity index is 1.33. The topological polar surface area (TPSA) is 107 Å². The molecule has 1 aromatic heterocycles. The number of carboxylic acids is 1. The number of aromatic amines is 1. The molecule has 0 unspecified atom stereocenters. The summed E-state index contributed by atoms with van der Waals surface area (Å²) in [4.78, 5) is 30.6. The molecule has 25 heavy (non-hydrogen) atoms. The molecule has 3 rings (SSSR count). The minimum Gasteiger partial charge on any atom is -0.481 e. The van der Waals surface area contributed by atoms with E-state index in [0.717, 1.165) is 42.5 Å². The number of hydrogen-bond acceptors (Lipinski definition) is 3. The summed E-state index contributed by atoms with van der Waals surface area (Å²) in [6.07, 6.45) is 4.29. The van der Waals surface area contributed by atoms with Crippen molar-refractivity contribution in [3.05, 3.63) is 30.1 Å². The maximum Gasteiger partial charge on any atom is 0.315 e. The Morgan fingerprint density at radius 2 is 1.96 bits per heavy atom. The fraction of sp³-hybridized carbons (Fsp3) is 0.500. The number of carbonyl (C=O) groups is 2. The standard InChI is InChI=1S/C18H24N4O3/c23-17(24)12-7-9-13(10-8-12)20-18(25)19-11-3-6-16-21-14-4-1-2-5-15(14)22-16/h1-2,4-5,12-13H,3,6-11H2,(H,21,22)(H,23,24)(H2,19,20,25). The van der Waals surface area contributed by atoms with Crippen LogP contribution in [0.3, 0.4) is 0 Å². The third kappa shape index (κ3) is 4.71. The largest absolute Gasteiger partial charge is 0.481 e. The first-order valence-electron chi connectivity index (χ1n) is 8.82. The number of para-hydroxylation sites is 2. The Hall–Kier alpha value is -2.57. The molecule has 2 amide bonds. The quantitative estimate of drug-likeness (QED) is 0.604. The first-order valence-corrected chi connectivity index (χ1v) is 8.82. The number of carbonyl (C=O) groups excluding carboxylic acids is 1. The van der Waals surface area contributed by atoms with E-state index in [9.17, 15) is 9.59 Å². The highest BCUT2D eigenvalue weighted by Crippen LogP contribution is 2.24. The summed E-state index contributed by atoms with van der Waals surface area (Å²) in [5, 5.41) is 14.8. The third-order valence-corrected chi connectivity index (χ3v) is 4.73. The molecule has 1 heterocycles. The van der Waals surface area contributed by atoms with E-state index in [0.29, 0.717) is 19.4 Å². The molecule has 1 saturated carbocycles. The summed E-state index contributed by atoms with van der Waals surface area (Å²) >= 11 is 0. The summed E-state index contributed by atoms with van der Waals surface area (Å²) in [7, 11) is 0. The smallest absolute Gasteiger partial charge is 0.315 e. The zero-order chi connectivity index (χ0) is 17.6. The number of aryl methyl sites for hydroxylation is 1. The van der Waals surface area contributed by atoms with Gasteiger partial charge in [0.05, 0.1) is 17.0 Å². The summed E-state index contributed by atoms with van der Waals surface area (Å²) in [5.74, 6) is -0.0613. The second-order valence-electron chi connectivity index (χ2n) is 6.59. The molecular weight excluding hydrogens is 320 g/mol. The van der Waals surface area contributed by atoms with Gasteiger partial charge >= 0.3 is 12.0 Å². The highest BCUT2D eigenvalue weighted by atomic mass is 16.4. The number of nitrogens with one attached hydrogen (secondary N) is 3. The van der Waals surface area contributed by atoms with Crippen molar-refractivity contribution in [2.75, 3.05) is 6.54 Å². The van der Waals surface area contributed by atoms with Gasteiger partial charge in [0.25, 0.3) is 0 Å². The van der Waals surface area contributed by atoms with Crippen LogP contribution in [0.1, 0.15) is 37.9 Å². The van der Waals surface area contributed by atoms with E-state index >= 15 is 0 Å². The predicted molar refractivity (Wildman–Crippen MR) is 94.3 cm³/mol. The molecule has 1 aromatic carbocycles. The van der Waals surface area contributed by atoms with E-state index in [-0.39, 0.29) is 18.0 Å². The molecule has 1 fully saturated rings. The number of nitrogens with zero attached hydrogens (tertiary/aromatic N) is 1. The van der Waals surface area contributed by atoms with E-state index in [1.807, 2.05) is 24.3 Å². The molecule has 2 aromatic rings. The van der Waals surface area contributed by atoms with Crippen molar-refractivity contribution in [2.24, 2.45) is 5.92 Å². The van der Waals surface area contributed by atoms with Gasteiger partial charge < -0.3 is 20.7 Å². The fourth-order valence-electron chi connectivity index (χ4n) is 3.30. The number of hydrogen-bond donors (Lipinski definition) is 4. The van der Waals surface area contributed by atoms with Crippen LogP contribution in [0.15, 0.2) is 24.3 Å². The van der Waals surface area contributed by atoms with E-state index in [2.05, 4.69) is 20.6 Å². The first kappa shape index (κ1) is 17.3. The molecule has 1 aliphatic rings. The molecule has 0 spiro atoms. The lowest BCUT2D eigenvalue weighted by molar-refractivity contribution is -0.142. The summed E-state index contributed by atoms with van der Waals surface area (Å²) in [6, 6.07) is 7.80. The second kappa shape index (κ2) is 8.00. The van der Waals surface area contributed by atoms with Crippen LogP contribution in [0.5, 0.6) is 0 Å².